The summed E-state index contributed by atoms with van der Waals surface area (Å²) < 4.78 is 5.67. The highest BCUT2D eigenvalue weighted by Gasteiger charge is 2.41. The molecule has 5 rings (SSSR count). The Balaban J connectivity index is 1.63. The minimum Gasteiger partial charge on any atom is -0.494 e. The van der Waals surface area contributed by atoms with Gasteiger partial charge in [0, 0.05) is 42.7 Å². The van der Waals surface area contributed by atoms with Gasteiger partial charge < -0.3 is 25.2 Å². The number of hydrogen-bond acceptors (Lipinski definition) is 5. The molecule has 39 heavy (non-hydrogen) atoms. The lowest BCUT2D eigenvalue weighted by Gasteiger charge is -2.41. The second-order valence-electron chi connectivity index (χ2n) is 10.6. The normalized spacial score (nSPS) is 19.7. The zero-order valence-electron chi connectivity index (χ0n) is 23.3. The van der Waals surface area contributed by atoms with Crippen molar-refractivity contribution >= 4 is 45.9 Å². The van der Waals surface area contributed by atoms with Crippen LogP contribution < -0.4 is 25.2 Å². The van der Waals surface area contributed by atoms with Crippen molar-refractivity contribution in [2.24, 2.45) is 0 Å². The lowest BCUT2D eigenvalue weighted by Crippen LogP contribution is -2.42. The number of nitrogens with zero attached hydrogens (tertiary/aromatic N) is 3. The average molecular weight is 542 g/mol. The molecule has 0 unspecified atom stereocenters. The van der Waals surface area contributed by atoms with E-state index in [0.717, 1.165) is 16.9 Å². The molecule has 2 aliphatic heterocycles. The maximum atomic E-state index is 12.1. The number of ether oxygens (including phenoxy) is 1. The highest BCUT2D eigenvalue weighted by Crippen LogP contribution is 2.46. The first-order valence-electron chi connectivity index (χ1n) is 13.2. The average Bonchev–Trinajstić information content (AvgIpc) is 3.28. The Morgan fingerprint density at radius 2 is 1.97 bits per heavy atom. The molecule has 0 bridgehead atoms. The summed E-state index contributed by atoms with van der Waals surface area (Å²) in [7, 11) is 3.74. The van der Waals surface area contributed by atoms with Crippen molar-refractivity contribution < 1.29 is 9.53 Å². The fraction of sp³-hybridized carbons (Fsp3) is 0.323. The Morgan fingerprint density at radius 3 is 2.67 bits per heavy atom. The number of carbonyl (C=O) groups excluding carboxylic acids is 1. The highest BCUT2D eigenvalue weighted by atomic mass is 32.1. The number of nitrogens with one attached hydrogen (secondary N) is 2. The van der Waals surface area contributed by atoms with Gasteiger partial charge in [-0.25, -0.2) is 0 Å². The summed E-state index contributed by atoms with van der Waals surface area (Å²) >= 11 is 5.93. The molecule has 0 radical (unpaired) electrons. The fourth-order valence-corrected chi connectivity index (χ4v) is 5.85. The van der Waals surface area contributed by atoms with Crippen molar-refractivity contribution in [3.8, 4) is 5.75 Å². The smallest absolute Gasteiger partial charge is 0.224 e. The number of aromatic nitrogens is 1. The van der Waals surface area contributed by atoms with Crippen molar-refractivity contribution in [2.45, 2.75) is 51.7 Å². The van der Waals surface area contributed by atoms with E-state index in [-0.39, 0.29) is 23.5 Å². The minimum atomic E-state index is -0.163. The molecule has 1 aromatic heterocycles. The van der Waals surface area contributed by atoms with Crippen LogP contribution >= 0.6 is 12.2 Å². The molecule has 0 aliphatic carbocycles. The van der Waals surface area contributed by atoms with E-state index in [4.69, 9.17) is 17.0 Å². The highest BCUT2D eigenvalue weighted by molar-refractivity contribution is 7.80. The van der Waals surface area contributed by atoms with E-state index >= 15 is 0 Å². The van der Waals surface area contributed by atoms with Gasteiger partial charge in [0.1, 0.15) is 5.75 Å². The van der Waals surface area contributed by atoms with Crippen LogP contribution in [0, 0.1) is 0 Å². The SMILES string of the molecule is CCC(=O)Nc1ccc(N2C(=S)N[C@H](c3ccccn3)[C@@H]2c2ccc3c(c2)C(C)=CC(C)(C)N3C)cc1OC. The monoisotopic (exact) mass is 541 g/mol. The molecule has 1 amide bonds. The number of fused-ring (bicyclic) bond motifs is 1. The Bertz CT molecular complexity index is 1450. The standard InChI is InChI=1S/C31H35N5O2S/c1-7-27(37)33-23-13-12-21(17-26(23)38-6)36-29(28(34-30(36)39)24-10-8-9-15-32-24)20-11-14-25-22(16-20)19(2)18-31(3,4)35(25)5/h8-18,28-29H,7H2,1-6H3,(H,33,37)(H,34,39)/t28-,29+/m1/s1. The van der Waals surface area contributed by atoms with Gasteiger partial charge in [-0.3, -0.25) is 9.78 Å². The third-order valence-electron chi connectivity index (χ3n) is 7.74. The van der Waals surface area contributed by atoms with Crippen LogP contribution in [0.5, 0.6) is 5.75 Å². The summed E-state index contributed by atoms with van der Waals surface area (Å²) in [6, 6.07) is 18.1. The number of thiocarbonyl (C=S) groups is 1. The van der Waals surface area contributed by atoms with Gasteiger partial charge >= 0.3 is 0 Å². The van der Waals surface area contributed by atoms with Crippen LogP contribution in [0.2, 0.25) is 0 Å². The summed E-state index contributed by atoms with van der Waals surface area (Å²) in [5.41, 5.74) is 7.13. The third kappa shape index (κ3) is 4.85. The molecule has 1 saturated heterocycles. The maximum Gasteiger partial charge on any atom is 0.224 e. The van der Waals surface area contributed by atoms with Gasteiger partial charge in [-0.1, -0.05) is 25.1 Å². The van der Waals surface area contributed by atoms with Gasteiger partial charge in [0.15, 0.2) is 5.11 Å². The number of rotatable bonds is 6. The molecule has 202 valence electrons. The van der Waals surface area contributed by atoms with Crippen LogP contribution in [-0.2, 0) is 4.79 Å². The van der Waals surface area contributed by atoms with Gasteiger partial charge in [-0.15, -0.1) is 0 Å². The van der Waals surface area contributed by atoms with E-state index in [2.05, 4.69) is 77.5 Å². The van der Waals surface area contributed by atoms with Crippen molar-refractivity contribution in [3.63, 3.8) is 0 Å². The van der Waals surface area contributed by atoms with E-state index in [0.29, 0.717) is 23.0 Å². The van der Waals surface area contributed by atoms with Gasteiger partial charge in [-0.2, -0.15) is 0 Å². The van der Waals surface area contributed by atoms with Crippen LogP contribution in [0.1, 0.15) is 63.0 Å². The molecule has 2 aliphatic rings. The Morgan fingerprint density at radius 1 is 1.18 bits per heavy atom. The molecule has 0 spiro atoms. The predicted octanol–water partition coefficient (Wildman–Crippen LogP) is 6.25. The van der Waals surface area contributed by atoms with Gasteiger partial charge in [0.2, 0.25) is 5.91 Å². The van der Waals surface area contributed by atoms with E-state index < -0.39 is 0 Å². The molecular weight excluding hydrogens is 506 g/mol. The largest absolute Gasteiger partial charge is 0.494 e. The van der Waals surface area contributed by atoms with Crippen molar-refractivity contribution in [1.29, 1.82) is 0 Å². The number of benzene rings is 2. The number of likely N-dealkylation sites (N-methyl/N-ethyl adjacent to an activating group) is 1. The number of pyridine rings is 1. The van der Waals surface area contributed by atoms with Gasteiger partial charge in [0.05, 0.1) is 36.1 Å². The van der Waals surface area contributed by atoms with E-state index in [1.165, 1.54) is 16.8 Å². The van der Waals surface area contributed by atoms with Gasteiger partial charge in [-0.05, 0) is 80.5 Å². The first-order valence-corrected chi connectivity index (χ1v) is 13.6. The summed E-state index contributed by atoms with van der Waals surface area (Å²) in [5.74, 6) is 0.503. The summed E-state index contributed by atoms with van der Waals surface area (Å²) in [6.07, 6.45) is 4.51. The number of amides is 1. The summed E-state index contributed by atoms with van der Waals surface area (Å²) in [4.78, 5) is 21.2. The first kappa shape index (κ1) is 26.7. The number of methoxy groups -OCH3 is 1. The molecule has 3 heterocycles. The predicted molar refractivity (Wildman–Crippen MR) is 162 cm³/mol. The molecule has 2 aromatic carbocycles. The lowest BCUT2D eigenvalue weighted by atomic mass is 9.86. The molecule has 0 saturated carbocycles. The maximum absolute atomic E-state index is 12.1. The van der Waals surface area contributed by atoms with Crippen LogP contribution in [0.4, 0.5) is 17.1 Å². The zero-order chi connectivity index (χ0) is 27.9. The topological polar surface area (TPSA) is 69.7 Å². The van der Waals surface area contributed by atoms with Crippen LogP contribution in [0.3, 0.4) is 0 Å². The van der Waals surface area contributed by atoms with E-state index in [9.17, 15) is 4.79 Å². The van der Waals surface area contributed by atoms with Crippen LogP contribution in [-0.4, -0.2) is 35.7 Å². The fourth-order valence-electron chi connectivity index (χ4n) is 5.50. The number of hydrogen-bond donors (Lipinski definition) is 2. The minimum absolute atomic E-state index is 0.0664. The summed E-state index contributed by atoms with van der Waals surface area (Å²) in [5, 5.41) is 7.05. The number of allylic oxidation sites excluding steroid dienone is 1. The number of anilines is 3. The lowest BCUT2D eigenvalue weighted by molar-refractivity contribution is -0.115. The Kier molecular flexibility index (Phi) is 7.07. The molecule has 7 nitrogen and oxygen atoms in total. The molecule has 3 aromatic rings. The summed E-state index contributed by atoms with van der Waals surface area (Å²) in [6.45, 7) is 8.45. The molecule has 1 fully saturated rings. The van der Waals surface area contributed by atoms with Crippen LogP contribution in [0.15, 0.2) is 66.9 Å². The van der Waals surface area contributed by atoms with Crippen molar-refractivity contribution in [1.82, 2.24) is 10.3 Å². The Hall–Kier alpha value is -3.91. The van der Waals surface area contributed by atoms with E-state index in [1.54, 1.807) is 7.11 Å². The van der Waals surface area contributed by atoms with Crippen molar-refractivity contribution in [2.75, 3.05) is 29.3 Å². The third-order valence-corrected chi connectivity index (χ3v) is 8.05. The second-order valence-corrected chi connectivity index (χ2v) is 11.0. The second kappa shape index (κ2) is 10.3. The van der Waals surface area contributed by atoms with Gasteiger partial charge in [0.25, 0.3) is 0 Å². The van der Waals surface area contributed by atoms with Crippen LogP contribution in [0.25, 0.3) is 5.57 Å². The molecule has 8 heteroatoms. The zero-order valence-corrected chi connectivity index (χ0v) is 24.1. The Labute approximate surface area is 235 Å². The molecule has 2 atom stereocenters. The first-order chi connectivity index (χ1) is 18.6. The van der Waals surface area contributed by atoms with E-state index in [1.807, 2.05) is 49.5 Å². The quantitative estimate of drug-likeness (QED) is 0.358. The van der Waals surface area contributed by atoms with Crippen molar-refractivity contribution in [3.05, 3.63) is 83.7 Å². The number of carbonyl (C=O) groups is 1. The molecule has 2 N–H and O–H groups in total. The molecular formula is C31H35N5O2S.